The Hall–Kier alpha value is -2.63. The molecule has 1 heterocycles. The van der Waals surface area contributed by atoms with Gasteiger partial charge in [0.05, 0.1) is 6.20 Å². The number of esters is 1. The number of ether oxygens (including phenoxy) is 1. The van der Waals surface area contributed by atoms with Crippen molar-refractivity contribution in [3.8, 4) is 0 Å². The minimum atomic E-state index is -0.811. The number of hydrogen-bond donors (Lipinski definition) is 2. The number of hydrogen-bond acceptors (Lipinski definition) is 5. The van der Waals surface area contributed by atoms with E-state index in [0.29, 0.717) is 5.56 Å². The Bertz CT molecular complexity index is 717. The van der Waals surface area contributed by atoms with E-state index in [4.69, 9.17) is 10.5 Å². The zero-order chi connectivity index (χ0) is 16.3. The summed E-state index contributed by atoms with van der Waals surface area (Å²) in [6.07, 6.45) is 1.24. The lowest BCUT2D eigenvalue weighted by Gasteiger charge is -2.23. The van der Waals surface area contributed by atoms with Crippen LogP contribution in [-0.2, 0) is 9.53 Å². The zero-order valence-electron chi connectivity index (χ0n) is 12.8. The topological polar surface area (TPSA) is 98.1 Å². The van der Waals surface area contributed by atoms with Gasteiger partial charge in [-0.15, -0.1) is 0 Å². The van der Waals surface area contributed by atoms with Gasteiger partial charge in [0.25, 0.3) is 5.56 Å². The standard InChI is InChI=1S/C16H19N3O3/c1-16(2,3)22-15(21)12(10-7-5-4-6-8-10)13-18-9-11(17)14(20)19-13/h4-9,12H,17H2,1-3H3,(H,18,19,20). The third-order valence-electron chi connectivity index (χ3n) is 2.90. The lowest BCUT2D eigenvalue weighted by atomic mass is 9.98. The van der Waals surface area contributed by atoms with Crippen LogP contribution in [-0.4, -0.2) is 21.5 Å². The summed E-state index contributed by atoms with van der Waals surface area (Å²) in [5.74, 6) is -1.08. The molecule has 0 fully saturated rings. The summed E-state index contributed by atoms with van der Waals surface area (Å²) >= 11 is 0. The number of rotatable bonds is 3. The first kappa shape index (κ1) is 15.8. The second-order valence-electron chi connectivity index (χ2n) is 5.93. The number of nitrogen functional groups attached to an aromatic ring is 1. The van der Waals surface area contributed by atoms with Crippen LogP contribution in [0.2, 0.25) is 0 Å². The van der Waals surface area contributed by atoms with Crippen molar-refractivity contribution in [2.45, 2.75) is 32.3 Å². The fourth-order valence-electron chi connectivity index (χ4n) is 1.98. The molecule has 0 bridgehead atoms. The normalized spacial score (nSPS) is 12.7. The quantitative estimate of drug-likeness (QED) is 0.843. The Morgan fingerprint density at radius 2 is 1.91 bits per heavy atom. The molecule has 0 aliphatic rings. The van der Waals surface area contributed by atoms with Crippen LogP contribution in [0.5, 0.6) is 0 Å². The van der Waals surface area contributed by atoms with Crippen molar-refractivity contribution in [3.63, 3.8) is 0 Å². The molecule has 0 saturated heterocycles. The number of anilines is 1. The lowest BCUT2D eigenvalue weighted by Crippen LogP contribution is -2.30. The van der Waals surface area contributed by atoms with Gasteiger partial charge in [0, 0.05) is 0 Å². The maximum Gasteiger partial charge on any atom is 0.321 e. The minimum absolute atomic E-state index is 0.000231. The maximum absolute atomic E-state index is 12.5. The fraction of sp³-hybridized carbons (Fsp3) is 0.312. The molecule has 1 atom stereocenters. The molecule has 1 unspecified atom stereocenters. The Morgan fingerprint density at radius 3 is 2.45 bits per heavy atom. The van der Waals surface area contributed by atoms with E-state index in [2.05, 4.69) is 9.97 Å². The molecule has 2 aromatic rings. The Kier molecular flexibility index (Phi) is 4.30. The predicted octanol–water partition coefficient (Wildman–Crippen LogP) is 1.83. The number of carbonyl (C=O) groups is 1. The molecule has 6 heteroatoms. The van der Waals surface area contributed by atoms with Crippen LogP contribution in [0.15, 0.2) is 41.3 Å². The summed E-state index contributed by atoms with van der Waals surface area (Å²) in [7, 11) is 0. The summed E-state index contributed by atoms with van der Waals surface area (Å²) in [4.78, 5) is 30.9. The molecule has 1 aromatic carbocycles. The fourth-order valence-corrected chi connectivity index (χ4v) is 1.98. The third-order valence-corrected chi connectivity index (χ3v) is 2.90. The van der Waals surface area contributed by atoms with E-state index in [1.54, 1.807) is 32.9 Å². The van der Waals surface area contributed by atoms with Gasteiger partial charge in [-0.1, -0.05) is 30.3 Å². The maximum atomic E-state index is 12.5. The number of benzene rings is 1. The second-order valence-corrected chi connectivity index (χ2v) is 5.93. The monoisotopic (exact) mass is 301 g/mol. The number of aromatic nitrogens is 2. The van der Waals surface area contributed by atoms with Gasteiger partial charge in [0.1, 0.15) is 23.0 Å². The van der Waals surface area contributed by atoms with Crippen LogP contribution in [0.1, 0.15) is 38.1 Å². The Morgan fingerprint density at radius 1 is 1.27 bits per heavy atom. The molecule has 6 nitrogen and oxygen atoms in total. The van der Waals surface area contributed by atoms with E-state index < -0.39 is 23.0 Å². The van der Waals surface area contributed by atoms with Crippen LogP contribution < -0.4 is 11.3 Å². The van der Waals surface area contributed by atoms with E-state index in [-0.39, 0.29) is 11.5 Å². The molecule has 0 saturated carbocycles. The van der Waals surface area contributed by atoms with Gasteiger partial charge in [0.15, 0.2) is 0 Å². The third kappa shape index (κ3) is 3.72. The highest BCUT2D eigenvalue weighted by Gasteiger charge is 2.30. The van der Waals surface area contributed by atoms with E-state index in [1.165, 1.54) is 6.20 Å². The van der Waals surface area contributed by atoms with Gasteiger partial charge in [-0.25, -0.2) is 4.98 Å². The molecular formula is C16H19N3O3. The SMILES string of the molecule is CC(C)(C)OC(=O)C(c1ccccc1)c1ncc(N)c(=O)[nH]1. The highest BCUT2D eigenvalue weighted by molar-refractivity contribution is 5.81. The van der Waals surface area contributed by atoms with E-state index in [1.807, 2.05) is 18.2 Å². The first-order chi connectivity index (χ1) is 10.3. The van der Waals surface area contributed by atoms with Gasteiger partial charge in [-0.05, 0) is 26.3 Å². The van der Waals surface area contributed by atoms with E-state index in [9.17, 15) is 9.59 Å². The molecule has 0 spiro atoms. The molecular weight excluding hydrogens is 282 g/mol. The van der Waals surface area contributed by atoms with Crippen LogP contribution in [0.4, 0.5) is 5.69 Å². The average molecular weight is 301 g/mol. The largest absolute Gasteiger partial charge is 0.459 e. The Balaban J connectivity index is 2.48. The highest BCUT2D eigenvalue weighted by Crippen LogP contribution is 2.25. The number of nitrogens with one attached hydrogen (secondary N) is 1. The molecule has 0 aliphatic carbocycles. The van der Waals surface area contributed by atoms with Gasteiger partial charge >= 0.3 is 5.97 Å². The summed E-state index contributed by atoms with van der Waals surface area (Å²) in [5.41, 5.74) is 5.05. The number of aromatic amines is 1. The minimum Gasteiger partial charge on any atom is -0.459 e. The smallest absolute Gasteiger partial charge is 0.321 e. The number of carbonyl (C=O) groups excluding carboxylic acids is 1. The number of nitrogens with two attached hydrogens (primary N) is 1. The van der Waals surface area contributed by atoms with Crippen molar-refractivity contribution in [3.05, 3.63) is 58.3 Å². The van der Waals surface area contributed by atoms with Crippen molar-refractivity contribution in [2.24, 2.45) is 0 Å². The van der Waals surface area contributed by atoms with Crippen LogP contribution in [0.3, 0.4) is 0 Å². The van der Waals surface area contributed by atoms with Crippen molar-refractivity contribution in [1.82, 2.24) is 9.97 Å². The Labute approximate surface area is 128 Å². The van der Waals surface area contributed by atoms with Gasteiger partial charge in [-0.3, -0.25) is 9.59 Å². The molecule has 22 heavy (non-hydrogen) atoms. The second kappa shape index (κ2) is 6.01. The van der Waals surface area contributed by atoms with Crippen LogP contribution >= 0.6 is 0 Å². The zero-order valence-corrected chi connectivity index (χ0v) is 12.8. The van der Waals surface area contributed by atoms with Gasteiger partial charge in [0.2, 0.25) is 0 Å². The molecule has 2 rings (SSSR count). The summed E-state index contributed by atoms with van der Waals surface area (Å²) < 4.78 is 5.45. The van der Waals surface area contributed by atoms with Crippen molar-refractivity contribution >= 4 is 11.7 Å². The molecule has 0 amide bonds. The first-order valence-corrected chi connectivity index (χ1v) is 6.90. The van der Waals surface area contributed by atoms with E-state index in [0.717, 1.165) is 0 Å². The molecule has 3 N–H and O–H groups in total. The molecule has 1 aromatic heterocycles. The van der Waals surface area contributed by atoms with Crippen LogP contribution in [0, 0.1) is 0 Å². The van der Waals surface area contributed by atoms with Crippen molar-refractivity contribution < 1.29 is 9.53 Å². The van der Waals surface area contributed by atoms with Gasteiger partial charge < -0.3 is 15.5 Å². The average Bonchev–Trinajstić information content (AvgIpc) is 2.42. The number of nitrogens with zero attached hydrogens (tertiary/aromatic N) is 1. The predicted molar refractivity (Wildman–Crippen MR) is 83.4 cm³/mol. The van der Waals surface area contributed by atoms with E-state index >= 15 is 0 Å². The van der Waals surface area contributed by atoms with Crippen molar-refractivity contribution in [1.29, 1.82) is 0 Å². The summed E-state index contributed by atoms with van der Waals surface area (Å²) in [6, 6.07) is 9.02. The highest BCUT2D eigenvalue weighted by atomic mass is 16.6. The van der Waals surface area contributed by atoms with Crippen LogP contribution in [0.25, 0.3) is 0 Å². The summed E-state index contributed by atoms with van der Waals surface area (Å²) in [5, 5.41) is 0. The molecule has 0 aliphatic heterocycles. The summed E-state index contributed by atoms with van der Waals surface area (Å²) in [6.45, 7) is 5.35. The molecule has 0 radical (unpaired) electrons. The lowest BCUT2D eigenvalue weighted by molar-refractivity contribution is -0.155. The molecule has 116 valence electrons. The first-order valence-electron chi connectivity index (χ1n) is 6.90. The van der Waals surface area contributed by atoms with Crippen molar-refractivity contribution in [2.75, 3.05) is 5.73 Å². The number of H-pyrrole nitrogens is 1. The van der Waals surface area contributed by atoms with Gasteiger partial charge in [-0.2, -0.15) is 0 Å².